The van der Waals surface area contributed by atoms with E-state index in [1.807, 2.05) is 20.8 Å². The molecule has 1 heterocycles. The Hall–Kier alpha value is -2.24. The molecule has 1 aromatic carbocycles. The minimum absolute atomic E-state index is 0.0942. The van der Waals surface area contributed by atoms with E-state index in [4.69, 9.17) is 9.47 Å². The second-order valence-electron chi connectivity index (χ2n) is 9.83. The Morgan fingerprint density at radius 2 is 1.97 bits per heavy atom. The summed E-state index contributed by atoms with van der Waals surface area (Å²) in [4.78, 5) is 24.3. The SMILES string of the molecule is C[C@H]1C(=O)NC(=O)N1COCCCS(=O)(=O)NC1(c2ccc(F)c(OCC(C)(C)C)c2)CC1. The summed E-state index contributed by atoms with van der Waals surface area (Å²) in [6.07, 6.45) is 1.44. The number of nitrogens with zero attached hydrogens (tertiary/aromatic N) is 1. The van der Waals surface area contributed by atoms with Gasteiger partial charge >= 0.3 is 6.03 Å². The first kappa shape index (κ1) is 25.4. The molecular weight excluding hydrogens is 453 g/mol. The Bertz CT molecular complexity index is 1000. The molecule has 3 amide bonds. The van der Waals surface area contributed by atoms with E-state index in [0.717, 1.165) is 0 Å². The molecule has 1 atom stereocenters. The van der Waals surface area contributed by atoms with Gasteiger partial charge in [-0.1, -0.05) is 26.8 Å². The van der Waals surface area contributed by atoms with Crippen LogP contribution < -0.4 is 14.8 Å². The summed E-state index contributed by atoms with van der Waals surface area (Å²) in [6, 6.07) is 3.31. The molecule has 0 bridgehead atoms. The molecule has 2 fully saturated rings. The van der Waals surface area contributed by atoms with Gasteiger partial charge in [-0.3, -0.25) is 15.0 Å². The molecule has 1 saturated heterocycles. The van der Waals surface area contributed by atoms with Crippen molar-refractivity contribution < 1.29 is 31.9 Å². The van der Waals surface area contributed by atoms with Crippen molar-refractivity contribution in [3.8, 4) is 5.75 Å². The molecule has 1 aliphatic carbocycles. The van der Waals surface area contributed by atoms with Crippen molar-refractivity contribution in [1.82, 2.24) is 14.9 Å². The van der Waals surface area contributed by atoms with Crippen LogP contribution in [0.2, 0.25) is 0 Å². The molecule has 0 aromatic heterocycles. The standard InChI is InChI=1S/C22H32FN3O6S/c1-15-19(27)24-20(28)26(15)14-31-10-5-11-33(29,30)25-22(8-9-22)16-6-7-17(23)18(12-16)32-13-21(2,3)4/h6-7,12,15,25H,5,8-11,13-14H2,1-4H3,(H,24,27,28)/t15-/m0/s1. The van der Waals surface area contributed by atoms with Crippen molar-refractivity contribution in [2.45, 2.75) is 58.5 Å². The first-order valence-corrected chi connectivity index (χ1v) is 12.6. The van der Waals surface area contributed by atoms with Crippen molar-refractivity contribution in [2.75, 3.05) is 25.7 Å². The number of hydrogen-bond donors (Lipinski definition) is 2. The van der Waals surface area contributed by atoms with Gasteiger partial charge in [0.2, 0.25) is 10.0 Å². The maximum atomic E-state index is 14.2. The average molecular weight is 486 g/mol. The average Bonchev–Trinajstić information content (AvgIpc) is 3.43. The molecule has 11 heteroatoms. The number of urea groups is 1. The highest BCUT2D eigenvalue weighted by molar-refractivity contribution is 7.89. The molecule has 1 aromatic rings. The van der Waals surface area contributed by atoms with Gasteiger partial charge in [-0.15, -0.1) is 0 Å². The molecule has 0 unspecified atom stereocenters. The number of ether oxygens (including phenoxy) is 2. The van der Waals surface area contributed by atoms with E-state index in [0.29, 0.717) is 25.0 Å². The summed E-state index contributed by atoms with van der Waals surface area (Å²) in [5.74, 6) is -0.927. The fourth-order valence-corrected chi connectivity index (χ4v) is 4.93. The number of hydrogen-bond acceptors (Lipinski definition) is 6. The monoisotopic (exact) mass is 485 g/mol. The summed E-state index contributed by atoms with van der Waals surface area (Å²) in [7, 11) is -3.62. The quantitative estimate of drug-likeness (QED) is 0.368. The zero-order valence-corrected chi connectivity index (χ0v) is 20.3. The largest absolute Gasteiger partial charge is 0.490 e. The van der Waals surface area contributed by atoms with Crippen LogP contribution >= 0.6 is 0 Å². The zero-order chi connectivity index (χ0) is 24.4. The Morgan fingerprint density at radius 1 is 1.27 bits per heavy atom. The van der Waals surface area contributed by atoms with Crippen LogP contribution in [0, 0.1) is 11.2 Å². The minimum Gasteiger partial charge on any atom is -0.490 e. The Kier molecular flexibility index (Phi) is 7.35. The van der Waals surface area contributed by atoms with E-state index in [2.05, 4.69) is 10.0 Å². The molecule has 0 radical (unpaired) electrons. The molecule has 33 heavy (non-hydrogen) atoms. The van der Waals surface area contributed by atoms with Gasteiger partial charge in [-0.05, 0) is 49.3 Å². The van der Waals surface area contributed by atoms with Crippen LogP contribution in [0.4, 0.5) is 9.18 Å². The molecule has 1 aliphatic heterocycles. The topological polar surface area (TPSA) is 114 Å². The maximum Gasteiger partial charge on any atom is 0.326 e. The maximum absolute atomic E-state index is 14.2. The number of carbonyl (C=O) groups excluding carboxylic acids is 2. The molecular formula is C22H32FN3O6S. The van der Waals surface area contributed by atoms with Crippen LogP contribution in [0.15, 0.2) is 18.2 Å². The van der Waals surface area contributed by atoms with Gasteiger partial charge in [0.05, 0.1) is 17.9 Å². The number of benzene rings is 1. The number of carbonyl (C=O) groups is 2. The number of halogens is 1. The molecule has 2 N–H and O–H groups in total. The van der Waals surface area contributed by atoms with E-state index in [9.17, 15) is 22.4 Å². The van der Waals surface area contributed by atoms with Crippen molar-refractivity contribution in [3.63, 3.8) is 0 Å². The van der Waals surface area contributed by atoms with E-state index >= 15 is 0 Å². The normalized spacial score (nSPS) is 20.2. The summed E-state index contributed by atoms with van der Waals surface area (Å²) >= 11 is 0. The van der Waals surface area contributed by atoms with Crippen LogP contribution in [-0.2, 0) is 25.1 Å². The van der Waals surface area contributed by atoms with Crippen LogP contribution in [-0.4, -0.2) is 57.0 Å². The number of rotatable bonds is 11. The smallest absolute Gasteiger partial charge is 0.326 e. The summed E-state index contributed by atoms with van der Waals surface area (Å²) < 4.78 is 53.2. The lowest BCUT2D eigenvalue weighted by atomic mass is 9.98. The highest BCUT2D eigenvalue weighted by Crippen LogP contribution is 2.47. The third-order valence-electron chi connectivity index (χ3n) is 5.52. The van der Waals surface area contributed by atoms with Crippen molar-refractivity contribution in [2.24, 2.45) is 5.41 Å². The summed E-state index contributed by atoms with van der Waals surface area (Å²) in [5, 5.41) is 2.18. The predicted molar refractivity (Wildman–Crippen MR) is 119 cm³/mol. The van der Waals surface area contributed by atoms with Gasteiger partial charge in [-0.2, -0.15) is 0 Å². The van der Waals surface area contributed by atoms with Crippen LogP contribution in [0.25, 0.3) is 0 Å². The van der Waals surface area contributed by atoms with E-state index in [-0.39, 0.29) is 36.7 Å². The highest BCUT2D eigenvalue weighted by Gasteiger charge is 2.47. The van der Waals surface area contributed by atoms with Crippen LogP contribution in [0.3, 0.4) is 0 Å². The number of imide groups is 1. The number of nitrogens with one attached hydrogen (secondary N) is 2. The molecule has 1 saturated carbocycles. The molecule has 184 valence electrons. The predicted octanol–water partition coefficient (Wildman–Crippen LogP) is 2.46. The van der Waals surface area contributed by atoms with Crippen molar-refractivity contribution in [3.05, 3.63) is 29.6 Å². The Balaban J connectivity index is 1.51. The zero-order valence-electron chi connectivity index (χ0n) is 19.4. The van der Waals surface area contributed by atoms with Gasteiger partial charge < -0.3 is 9.47 Å². The third kappa shape index (κ3) is 6.64. The molecule has 9 nitrogen and oxygen atoms in total. The van der Waals surface area contributed by atoms with E-state index in [1.165, 1.54) is 11.0 Å². The summed E-state index contributed by atoms with van der Waals surface area (Å²) in [5.41, 5.74) is -0.224. The molecule has 3 rings (SSSR count). The van der Waals surface area contributed by atoms with Gasteiger partial charge in [0.25, 0.3) is 5.91 Å². The molecule has 2 aliphatic rings. The second kappa shape index (κ2) is 9.55. The van der Waals surface area contributed by atoms with Crippen LogP contribution in [0.5, 0.6) is 5.75 Å². The Labute approximate surface area is 194 Å². The van der Waals surface area contributed by atoms with Gasteiger partial charge in [0, 0.05) is 6.61 Å². The lowest BCUT2D eigenvalue weighted by molar-refractivity contribution is -0.121. The first-order valence-electron chi connectivity index (χ1n) is 11.0. The second-order valence-corrected chi connectivity index (χ2v) is 11.7. The fraction of sp³-hybridized carbons (Fsp3) is 0.636. The minimum atomic E-state index is -3.62. The lowest BCUT2D eigenvalue weighted by Crippen LogP contribution is -2.37. The number of amides is 3. The van der Waals surface area contributed by atoms with Crippen molar-refractivity contribution in [1.29, 1.82) is 0 Å². The first-order chi connectivity index (χ1) is 15.3. The van der Waals surface area contributed by atoms with Gasteiger partial charge in [0.1, 0.15) is 12.8 Å². The summed E-state index contributed by atoms with van der Waals surface area (Å²) in [6.45, 7) is 7.88. The fourth-order valence-electron chi connectivity index (χ4n) is 3.41. The van der Waals surface area contributed by atoms with Gasteiger partial charge in [0.15, 0.2) is 11.6 Å². The third-order valence-corrected chi connectivity index (χ3v) is 7.04. The lowest BCUT2D eigenvalue weighted by Gasteiger charge is -2.22. The van der Waals surface area contributed by atoms with Gasteiger partial charge in [-0.25, -0.2) is 22.3 Å². The molecule has 0 spiro atoms. The highest BCUT2D eigenvalue weighted by atomic mass is 32.2. The van der Waals surface area contributed by atoms with Crippen molar-refractivity contribution >= 4 is 22.0 Å². The van der Waals surface area contributed by atoms with Crippen LogP contribution in [0.1, 0.15) is 52.5 Å². The van der Waals surface area contributed by atoms with E-state index < -0.39 is 39.4 Å². The Morgan fingerprint density at radius 3 is 2.55 bits per heavy atom. The van der Waals surface area contributed by atoms with E-state index in [1.54, 1.807) is 19.1 Å². The number of sulfonamides is 1.